The SMILES string of the molecule is Cc1nc(N2CCC(C)([C@@H](C)N)CC2)c(CO)nc1Sc1ccnnc1Cl. The number of nitrogens with two attached hydrogens (primary N) is 1. The number of rotatable bonds is 5. The lowest BCUT2D eigenvalue weighted by molar-refractivity contribution is 0.204. The molecule has 1 fully saturated rings. The van der Waals surface area contributed by atoms with Crippen molar-refractivity contribution >= 4 is 29.2 Å². The minimum Gasteiger partial charge on any atom is -0.390 e. The van der Waals surface area contributed by atoms with Gasteiger partial charge in [0, 0.05) is 19.1 Å². The first-order valence-electron chi connectivity index (χ1n) is 8.98. The van der Waals surface area contributed by atoms with Crippen LogP contribution in [-0.4, -0.2) is 44.4 Å². The number of hydrogen-bond acceptors (Lipinski definition) is 8. The van der Waals surface area contributed by atoms with E-state index in [2.05, 4.69) is 33.9 Å². The lowest BCUT2D eigenvalue weighted by Gasteiger charge is -2.42. The number of aliphatic hydroxyl groups excluding tert-OH is 1. The average molecular weight is 409 g/mol. The van der Waals surface area contributed by atoms with Crippen LogP contribution in [0.2, 0.25) is 5.15 Å². The molecule has 3 rings (SSSR count). The highest BCUT2D eigenvalue weighted by Crippen LogP contribution is 2.37. The minimum atomic E-state index is -0.167. The maximum absolute atomic E-state index is 9.87. The molecule has 7 nitrogen and oxygen atoms in total. The van der Waals surface area contributed by atoms with Gasteiger partial charge in [0.2, 0.25) is 0 Å². The van der Waals surface area contributed by atoms with E-state index in [1.165, 1.54) is 11.8 Å². The monoisotopic (exact) mass is 408 g/mol. The van der Waals surface area contributed by atoms with Crippen molar-refractivity contribution in [3.05, 3.63) is 28.8 Å². The third-order valence-corrected chi connectivity index (χ3v) is 6.90. The predicted molar refractivity (Wildman–Crippen MR) is 107 cm³/mol. The van der Waals surface area contributed by atoms with E-state index in [1.807, 2.05) is 6.92 Å². The van der Waals surface area contributed by atoms with Crippen LogP contribution in [0.3, 0.4) is 0 Å². The topological polar surface area (TPSA) is 101 Å². The summed E-state index contributed by atoms with van der Waals surface area (Å²) < 4.78 is 0. The Kier molecular flexibility index (Phi) is 6.20. The Morgan fingerprint density at radius 3 is 2.67 bits per heavy atom. The summed E-state index contributed by atoms with van der Waals surface area (Å²) in [6.45, 7) is 7.77. The van der Waals surface area contributed by atoms with Crippen molar-refractivity contribution in [2.24, 2.45) is 11.1 Å². The number of hydrogen-bond donors (Lipinski definition) is 2. The molecule has 27 heavy (non-hydrogen) atoms. The summed E-state index contributed by atoms with van der Waals surface area (Å²) in [5, 5.41) is 18.5. The van der Waals surface area contributed by atoms with Gasteiger partial charge in [-0.15, -0.1) is 5.10 Å². The molecular formula is C18H25ClN6OS. The van der Waals surface area contributed by atoms with E-state index >= 15 is 0 Å². The zero-order valence-electron chi connectivity index (χ0n) is 15.8. The molecule has 0 aromatic carbocycles. The summed E-state index contributed by atoms with van der Waals surface area (Å²) in [6, 6.07) is 1.94. The van der Waals surface area contributed by atoms with Crippen LogP contribution < -0.4 is 10.6 Å². The number of anilines is 1. The van der Waals surface area contributed by atoms with Gasteiger partial charge in [0.25, 0.3) is 0 Å². The quantitative estimate of drug-likeness (QED) is 0.778. The maximum atomic E-state index is 9.87. The molecule has 0 spiro atoms. The molecule has 0 unspecified atom stereocenters. The van der Waals surface area contributed by atoms with Gasteiger partial charge in [-0.05, 0) is 38.2 Å². The second-order valence-electron chi connectivity index (χ2n) is 7.26. The fraction of sp³-hybridized carbons (Fsp3) is 0.556. The molecule has 146 valence electrons. The van der Waals surface area contributed by atoms with Crippen molar-refractivity contribution in [1.29, 1.82) is 0 Å². The molecule has 0 bridgehead atoms. The predicted octanol–water partition coefficient (Wildman–Crippen LogP) is 2.83. The number of aliphatic hydroxyl groups is 1. The molecule has 0 aliphatic carbocycles. The summed E-state index contributed by atoms with van der Waals surface area (Å²) in [4.78, 5) is 12.4. The smallest absolute Gasteiger partial charge is 0.165 e. The maximum Gasteiger partial charge on any atom is 0.165 e. The van der Waals surface area contributed by atoms with Gasteiger partial charge < -0.3 is 15.7 Å². The Morgan fingerprint density at radius 2 is 2.07 bits per heavy atom. The number of piperidine rings is 1. The zero-order chi connectivity index (χ0) is 19.6. The largest absolute Gasteiger partial charge is 0.390 e. The molecule has 2 aromatic rings. The van der Waals surface area contributed by atoms with Crippen molar-refractivity contribution in [3.8, 4) is 0 Å². The molecule has 2 aromatic heterocycles. The first-order valence-corrected chi connectivity index (χ1v) is 10.2. The van der Waals surface area contributed by atoms with Crippen molar-refractivity contribution in [1.82, 2.24) is 20.2 Å². The van der Waals surface area contributed by atoms with Crippen molar-refractivity contribution in [2.45, 2.75) is 56.2 Å². The normalized spacial score (nSPS) is 17.8. The number of aromatic nitrogens is 4. The molecule has 9 heteroatoms. The van der Waals surface area contributed by atoms with Gasteiger partial charge >= 0.3 is 0 Å². The third-order valence-electron chi connectivity index (χ3n) is 5.38. The standard InChI is InChI=1S/C18H25ClN6OS/c1-11-17(27-14-4-7-21-24-15(14)19)23-13(10-26)16(22-11)25-8-5-18(3,6-9-25)12(2)20/h4,7,12,26H,5-6,8-10,20H2,1-3H3/t12-/m1/s1. The molecule has 0 radical (unpaired) electrons. The molecule has 0 saturated carbocycles. The van der Waals surface area contributed by atoms with Gasteiger partial charge in [-0.3, -0.25) is 0 Å². The van der Waals surface area contributed by atoms with Crippen LogP contribution in [0.1, 0.15) is 38.1 Å². The lowest BCUT2D eigenvalue weighted by Crippen LogP contribution is -2.47. The Morgan fingerprint density at radius 1 is 1.37 bits per heavy atom. The fourth-order valence-electron chi connectivity index (χ4n) is 3.15. The van der Waals surface area contributed by atoms with E-state index in [9.17, 15) is 5.11 Å². The van der Waals surface area contributed by atoms with Crippen LogP contribution in [0.25, 0.3) is 0 Å². The van der Waals surface area contributed by atoms with Gasteiger partial charge in [0.05, 0.1) is 23.4 Å². The molecule has 1 saturated heterocycles. The van der Waals surface area contributed by atoms with E-state index in [0.29, 0.717) is 15.9 Å². The summed E-state index contributed by atoms with van der Waals surface area (Å²) in [5.74, 6) is 0.755. The fourth-order valence-corrected chi connectivity index (χ4v) is 4.18. The van der Waals surface area contributed by atoms with E-state index in [-0.39, 0.29) is 18.1 Å². The molecule has 1 aliphatic heterocycles. The number of halogens is 1. The zero-order valence-corrected chi connectivity index (χ0v) is 17.4. The molecule has 0 amide bonds. The van der Waals surface area contributed by atoms with Crippen LogP contribution in [0.15, 0.2) is 22.2 Å². The molecule has 1 atom stereocenters. The van der Waals surface area contributed by atoms with Gasteiger partial charge in [0.1, 0.15) is 10.7 Å². The van der Waals surface area contributed by atoms with Crippen LogP contribution >= 0.6 is 23.4 Å². The Bertz CT molecular complexity index is 810. The highest BCUT2D eigenvalue weighted by atomic mass is 35.5. The minimum absolute atomic E-state index is 0.138. The number of aryl methyl sites for hydroxylation is 1. The molecular weight excluding hydrogens is 384 g/mol. The van der Waals surface area contributed by atoms with Crippen LogP contribution in [0.4, 0.5) is 5.82 Å². The summed E-state index contributed by atoms with van der Waals surface area (Å²) >= 11 is 7.47. The van der Waals surface area contributed by atoms with Crippen LogP contribution in [-0.2, 0) is 6.61 Å². The van der Waals surface area contributed by atoms with E-state index < -0.39 is 0 Å². The highest BCUT2D eigenvalue weighted by Gasteiger charge is 2.34. The van der Waals surface area contributed by atoms with Crippen molar-refractivity contribution in [2.75, 3.05) is 18.0 Å². The summed E-state index contributed by atoms with van der Waals surface area (Å²) in [5.41, 5.74) is 7.67. The second-order valence-corrected chi connectivity index (χ2v) is 8.65. The molecule has 3 N–H and O–H groups in total. The molecule has 3 heterocycles. The first kappa shape index (κ1) is 20.3. The average Bonchev–Trinajstić information content (AvgIpc) is 2.65. The van der Waals surface area contributed by atoms with Gasteiger partial charge in [-0.2, -0.15) is 5.10 Å². The van der Waals surface area contributed by atoms with Crippen LogP contribution in [0.5, 0.6) is 0 Å². The van der Waals surface area contributed by atoms with Crippen molar-refractivity contribution in [3.63, 3.8) is 0 Å². The summed E-state index contributed by atoms with van der Waals surface area (Å²) in [7, 11) is 0. The van der Waals surface area contributed by atoms with Gasteiger partial charge in [0.15, 0.2) is 11.0 Å². The van der Waals surface area contributed by atoms with Gasteiger partial charge in [-0.1, -0.05) is 30.3 Å². The van der Waals surface area contributed by atoms with E-state index in [0.717, 1.165) is 42.3 Å². The van der Waals surface area contributed by atoms with Gasteiger partial charge in [-0.25, -0.2) is 9.97 Å². The summed E-state index contributed by atoms with van der Waals surface area (Å²) in [6.07, 6.45) is 3.57. The van der Waals surface area contributed by atoms with Crippen LogP contribution in [0, 0.1) is 12.3 Å². The lowest BCUT2D eigenvalue weighted by atomic mass is 9.75. The third kappa shape index (κ3) is 4.34. The second kappa shape index (κ2) is 8.26. The first-order chi connectivity index (χ1) is 12.8. The Balaban J connectivity index is 1.84. The highest BCUT2D eigenvalue weighted by molar-refractivity contribution is 7.99. The number of nitrogens with zero attached hydrogens (tertiary/aromatic N) is 5. The van der Waals surface area contributed by atoms with Crippen molar-refractivity contribution < 1.29 is 5.11 Å². The Hall–Kier alpha value is -1.48. The van der Waals surface area contributed by atoms with E-state index in [4.69, 9.17) is 22.3 Å². The molecule has 1 aliphatic rings. The van der Waals surface area contributed by atoms with E-state index in [1.54, 1.807) is 12.3 Å². The Labute approximate surface area is 168 Å².